The predicted molar refractivity (Wildman–Crippen MR) is 78.8 cm³/mol. The molecule has 0 spiro atoms. The lowest BCUT2D eigenvalue weighted by molar-refractivity contribution is 0.306. The van der Waals surface area contributed by atoms with E-state index in [1.807, 2.05) is 17.9 Å². The van der Waals surface area contributed by atoms with Gasteiger partial charge in [0, 0.05) is 38.4 Å². The highest BCUT2D eigenvalue weighted by Crippen LogP contribution is 2.28. The summed E-state index contributed by atoms with van der Waals surface area (Å²) in [6, 6.07) is 0.584. The lowest BCUT2D eigenvalue weighted by Crippen LogP contribution is -2.23. The fourth-order valence-electron chi connectivity index (χ4n) is 3.67. The van der Waals surface area contributed by atoms with Gasteiger partial charge in [-0.1, -0.05) is 5.21 Å². The molecule has 112 valence electrons. The summed E-state index contributed by atoms with van der Waals surface area (Å²) in [6.45, 7) is 3.19. The Morgan fingerprint density at radius 2 is 2.19 bits per heavy atom. The summed E-state index contributed by atoms with van der Waals surface area (Å²) in [6.07, 6.45) is 10.2. The smallest absolute Gasteiger partial charge is 0.0954 e. The molecule has 6 nitrogen and oxygen atoms in total. The van der Waals surface area contributed by atoms with Gasteiger partial charge in [0.05, 0.1) is 23.9 Å². The van der Waals surface area contributed by atoms with Gasteiger partial charge in [-0.25, -0.2) is 4.98 Å². The molecule has 1 aliphatic heterocycles. The van der Waals surface area contributed by atoms with Crippen molar-refractivity contribution in [3.05, 3.63) is 29.6 Å². The first-order valence-electron chi connectivity index (χ1n) is 7.92. The molecule has 2 aromatic rings. The van der Waals surface area contributed by atoms with Gasteiger partial charge in [0.15, 0.2) is 0 Å². The third-order valence-electron chi connectivity index (χ3n) is 4.89. The molecule has 2 aromatic heterocycles. The SMILES string of the molecule is Cn1nncc1CN1CCC(n2cnc3c2CCCC3)C1. The molecule has 1 unspecified atom stereocenters. The van der Waals surface area contributed by atoms with Crippen molar-refractivity contribution >= 4 is 0 Å². The van der Waals surface area contributed by atoms with Crippen LogP contribution < -0.4 is 0 Å². The van der Waals surface area contributed by atoms with Crippen LogP contribution in [0.5, 0.6) is 0 Å². The fraction of sp³-hybridized carbons (Fsp3) is 0.667. The standard InChI is InChI=1S/C15H22N6/c1-19-13(8-17-18-19)10-20-7-6-12(9-20)21-11-16-14-4-2-3-5-15(14)21/h8,11-12H,2-7,9-10H2,1H3. The van der Waals surface area contributed by atoms with Crippen molar-refractivity contribution in [1.29, 1.82) is 0 Å². The van der Waals surface area contributed by atoms with E-state index < -0.39 is 0 Å². The van der Waals surface area contributed by atoms with Crippen LogP contribution in [0.1, 0.15) is 42.4 Å². The van der Waals surface area contributed by atoms with Gasteiger partial charge >= 0.3 is 0 Å². The molecule has 4 rings (SSSR count). The summed E-state index contributed by atoms with van der Waals surface area (Å²) in [4.78, 5) is 7.14. The van der Waals surface area contributed by atoms with E-state index in [1.54, 1.807) is 0 Å². The number of hydrogen-bond acceptors (Lipinski definition) is 4. The number of aromatic nitrogens is 5. The average molecular weight is 286 g/mol. The van der Waals surface area contributed by atoms with Crippen molar-refractivity contribution in [3.8, 4) is 0 Å². The normalized spacial score (nSPS) is 22.6. The Morgan fingerprint density at radius 1 is 1.29 bits per heavy atom. The zero-order chi connectivity index (χ0) is 14.2. The van der Waals surface area contributed by atoms with Gasteiger partial charge < -0.3 is 4.57 Å². The Balaban J connectivity index is 1.47. The number of fused-ring (bicyclic) bond motifs is 1. The second-order valence-corrected chi connectivity index (χ2v) is 6.28. The van der Waals surface area contributed by atoms with E-state index >= 15 is 0 Å². The molecule has 0 amide bonds. The van der Waals surface area contributed by atoms with Crippen LogP contribution in [0.2, 0.25) is 0 Å². The van der Waals surface area contributed by atoms with Gasteiger partial charge in [-0.2, -0.15) is 0 Å². The van der Waals surface area contributed by atoms with Gasteiger partial charge in [0.1, 0.15) is 0 Å². The Kier molecular flexibility index (Phi) is 3.25. The molecule has 1 saturated heterocycles. The molecule has 1 aliphatic carbocycles. The zero-order valence-corrected chi connectivity index (χ0v) is 12.6. The molecular formula is C15H22N6. The summed E-state index contributed by atoms with van der Waals surface area (Å²) in [5.74, 6) is 0. The quantitative estimate of drug-likeness (QED) is 0.854. The van der Waals surface area contributed by atoms with E-state index in [-0.39, 0.29) is 0 Å². The second kappa shape index (κ2) is 5.26. The van der Waals surface area contributed by atoms with Gasteiger partial charge in [0.25, 0.3) is 0 Å². The molecule has 1 atom stereocenters. The minimum atomic E-state index is 0.584. The van der Waals surface area contributed by atoms with E-state index in [1.165, 1.54) is 49.2 Å². The van der Waals surface area contributed by atoms with Crippen LogP contribution in [-0.4, -0.2) is 42.5 Å². The van der Waals surface area contributed by atoms with E-state index in [2.05, 4.69) is 31.1 Å². The van der Waals surface area contributed by atoms with Crippen LogP contribution in [0.15, 0.2) is 12.5 Å². The second-order valence-electron chi connectivity index (χ2n) is 6.28. The van der Waals surface area contributed by atoms with E-state index in [0.29, 0.717) is 6.04 Å². The molecule has 21 heavy (non-hydrogen) atoms. The maximum absolute atomic E-state index is 4.64. The minimum Gasteiger partial charge on any atom is -0.330 e. The highest BCUT2D eigenvalue weighted by molar-refractivity contribution is 5.17. The van der Waals surface area contributed by atoms with Crippen molar-refractivity contribution in [3.63, 3.8) is 0 Å². The van der Waals surface area contributed by atoms with E-state index in [9.17, 15) is 0 Å². The highest BCUT2D eigenvalue weighted by atomic mass is 15.4. The summed E-state index contributed by atoms with van der Waals surface area (Å²) >= 11 is 0. The largest absolute Gasteiger partial charge is 0.330 e. The van der Waals surface area contributed by atoms with Crippen LogP contribution in [0.3, 0.4) is 0 Å². The molecule has 0 saturated carbocycles. The fourth-order valence-corrected chi connectivity index (χ4v) is 3.67. The summed E-state index contributed by atoms with van der Waals surface area (Å²) in [5, 5.41) is 7.97. The Hall–Kier alpha value is -1.69. The molecule has 0 aromatic carbocycles. The topological polar surface area (TPSA) is 51.8 Å². The summed E-state index contributed by atoms with van der Waals surface area (Å²) in [7, 11) is 1.96. The van der Waals surface area contributed by atoms with E-state index in [4.69, 9.17) is 0 Å². The first kappa shape index (κ1) is 13.0. The van der Waals surface area contributed by atoms with Crippen LogP contribution in [0.25, 0.3) is 0 Å². The van der Waals surface area contributed by atoms with Gasteiger partial charge in [-0.15, -0.1) is 5.10 Å². The summed E-state index contributed by atoms with van der Waals surface area (Å²) < 4.78 is 4.32. The molecule has 0 bridgehead atoms. The van der Waals surface area contributed by atoms with Gasteiger partial charge in [-0.05, 0) is 32.1 Å². The number of rotatable bonds is 3. The number of nitrogens with zero attached hydrogens (tertiary/aromatic N) is 6. The van der Waals surface area contributed by atoms with Gasteiger partial charge in [-0.3, -0.25) is 9.58 Å². The monoisotopic (exact) mass is 286 g/mol. The minimum absolute atomic E-state index is 0.584. The van der Waals surface area contributed by atoms with Crippen molar-refractivity contribution in [2.75, 3.05) is 13.1 Å². The molecule has 0 radical (unpaired) electrons. The summed E-state index contributed by atoms with van der Waals surface area (Å²) in [5.41, 5.74) is 4.02. The van der Waals surface area contributed by atoms with Crippen LogP contribution in [0, 0.1) is 0 Å². The molecule has 6 heteroatoms. The maximum atomic E-state index is 4.64. The Bertz CT molecular complexity index is 628. The Morgan fingerprint density at radius 3 is 3.05 bits per heavy atom. The van der Waals surface area contributed by atoms with Crippen LogP contribution in [0.4, 0.5) is 0 Å². The highest BCUT2D eigenvalue weighted by Gasteiger charge is 2.27. The molecule has 0 N–H and O–H groups in total. The van der Waals surface area contributed by atoms with Crippen molar-refractivity contribution in [2.24, 2.45) is 7.05 Å². The van der Waals surface area contributed by atoms with Crippen molar-refractivity contribution in [2.45, 2.75) is 44.7 Å². The van der Waals surface area contributed by atoms with Crippen LogP contribution >= 0.6 is 0 Å². The lowest BCUT2D eigenvalue weighted by Gasteiger charge is -2.20. The number of likely N-dealkylation sites (tertiary alicyclic amines) is 1. The molecule has 1 fully saturated rings. The molecule has 3 heterocycles. The van der Waals surface area contributed by atoms with Gasteiger partial charge in [0.2, 0.25) is 0 Å². The molecular weight excluding hydrogens is 264 g/mol. The predicted octanol–water partition coefficient (Wildman–Crippen LogP) is 1.34. The van der Waals surface area contributed by atoms with Crippen molar-refractivity contribution < 1.29 is 0 Å². The Labute approximate surface area is 124 Å². The average Bonchev–Trinajstić information content (AvgIpc) is 3.20. The van der Waals surface area contributed by atoms with Crippen LogP contribution in [-0.2, 0) is 26.4 Å². The number of imidazole rings is 1. The zero-order valence-electron chi connectivity index (χ0n) is 12.6. The van der Waals surface area contributed by atoms with Crippen molar-refractivity contribution in [1.82, 2.24) is 29.4 Å². The van der Waals surface area contributed by atoms with E-state index in [0.717, 1.165) is 19.6 Å². The number of aryl methyl sites for hydroxylation is 2. The first-order valence-corrected chi connectivity index (χ1v) is 7.92. The third kappa shape index (κ3) is 2.37. The number of hydrogen-bond donors (Lipinski definition) is 0. The first-order chi connectivity index (χ1) is 10.3. The lowest BCUT2D eigenvalue weighted by atomic mass is 10.0. The maximum Gasteiger partial charge on any atom is 0.0954 e. The molecule has 2 aliphatic rings. The third-order valence-corrected chi connectivity index (χ3v) is 4.89.